The highest BCUT2D eigenvalue weighted by molar-refractivity contribution is 7.90. The molecular formula is C19H21N3O6S. The van der Waals surface area contributed by atoms with E-state index in [0.29, 0.717) is 0 Å². The fraction of sp³-hybridized carbons (Fsp3) is 0.211. The molecule has 0 atom stereocenters. The number of amides is 1. The Morgan fingerprint density at radius 1 is 1.17 bits per heavy atom. The number of nitrogens with zero attached hydrogens (tertiary/aromatic N) is 1. The number of nitro groups is 1. The second-order valence-corrected chi connectivity index (χ2v) is 8.05. The van der Waals surface area contributed by atoms with Crippen molar-refractivity contribution >= 4 is 33.2 Å². The molecule has 0 saturated heterocycles. The summed E-state index contributed by atoms with van der Waals surface area (Å²) in [5.74, 6) is 0.404. The average Bonchev–Trinajstić information content (AvgIpc) is 2.69. The van der Waals surface area contributed by atoms with Crippen molar-refractivity contribution < 1.29 is 22.9 Å². The van der Waals surface area contributed by atoms with E-state index < -0.39 is 14.8 Å². The van der Waals surface area contributed by atoms with Gasteiger partial charge in [0.2, 0.25) is 5.91 Å². The van der Waals surface area contributed by atoms with Crippen LogP contribution in [-0.2, 0) is 14.6 Å². The number of hydrogen-bond donors (Lipinski definition) is 2. The molecule has 0 heterocycles. The van der Waals surface area contributed by atoms with Gasteiger partial charge in [-0.05, 0) is 35.9 Å². The van der Waals surface area contributed by atoms with Crippen LogP contribution in [-0.4, -0.2) is 45.7 Å². The third kappa shape index (κ3) is 6.61. The van der Waals surface area contributed by atoms with Gasteiger partial charge in [-0.3, -0.25) is 14.9 Å². The quantitative estimate of drug-likeness (QED) is 0.276. The van der Waals surface area contributed by atoms with Crippen molar-refractivity contribution in [2.24, 2.45) is 0 Å². The summed E-state index contributed by atoms with van der Waals surface area (Å²) in [6.45, 7) is 0.442. The zero-order valence-electron chi connectivity index (χ0n) is 15.9. The summed E-state index contributed by atoms with van der Waals surface area (Å²) in [5.41, 5.74) is 0.657. The lowest BCUT2D eigenvalue weighted by molar-refractivity contribution is -0.384. The minimum atomic E-state index is -3.55. The number of ether oxygens (including phenoxy) is 1. The number of benzene rings is 2. The van der Waals surface area contributed by atoms with Crippen LogP contribution in [0.4, 0.5) is 11.4 Å². The molecule has 2 N–H and O–H groups in total. The fourth-order valence-electron chi connectivity index (χ4n) is 2.37. The maximum atomic E-state index is 11.9. The molecule has 29 heavy (non-hydrogen) atoms. The first kappa shape index (κ1) is 21.9. The SMILES string of the molecule is COc1ccc(/C=C/C(=O)NCCNc2ccc(S(C)(=O)=O)cc2[N+](=O)[O-])cc1. The molecule has 0 aliphatic carbocycles. The van der Waals surface area contributed by atoms with Crippen LogP contribution >= 0.6 is 0 Å². The smallest absolute Gasteiger partial charge is 0.293 e. The number of anilines is 1. The van der Waals surface area contributed by atoms with E-state index in [4.69, 9.17) is 4.74 Å². The fourth-order valence-corrected chi connectivity index (χ4v) is 3.01. The summed E-state index contributed by atoms with van der Waals surface area (Å²) in [6.07, 6.45) is 4.01. The monoisotopic (exact) mass is 419 g/mol. The predicted molar refractivity (Wildman–Crippen MR) is 110 cm³/mol. The van der Waals surface area contributed by atoms with Gasteiger partial charge in [0.1, 0.15) is 11.4 Å². The van der Waals surface area contributed by atoms with Crippen LogP contribution in [0.5, 0.6) is 5.75 Å². The first-order chi connectivity index (χ1) is 13.7. The van der Waals surface area contributed by atoms with E-state index in [0.717, 1.165) is 23.6 Å². The summed E-state index contributed by atoms with van der Waals surface area (Å²) in [7, 11) is -1.98. The van der Waals surface area contributed by atoms with Gasteiger partial charge in [-0.2, -0.15) is 0 Å². The molecule has 0 saturated carbocycles. The Bertz CT molecular complexity index is 1020. The number of carbonyl (C=O) groups excluding carboxylic acids is 1. The second-order valence-electron chi connectivity index (χ2n) is 6.03. The van der Waals surface area contributed by atoms with E-state index in [9.17, 15) is 23.3 Å². The molecule has 154 valence electrons. The van der Waals surface area contributed by atoms with Crippen LogP contribution in [0, 0.1) is 10.1 Å². The first-order valence-electron chi connectivity index (χ1n) is 8.53. The van der Waals surface area contributed by atoms with Crippen LogP contribution in [0.25, 0.3) is 6.08 Å². The van der Waals surface area contributed by atoms with E-state index >= 15 is 0 Å². The van der Waals surface area contributed by atoms with Gasteiger partial charge in [0.25, 0.3) is 5.69 Å². The number of methoxy groups -OCH3 is 1. The van der Waals surface area contributed by atoms with E-state index in [1.165, 1.54) is 18.2 Å². The lowest BCUT2D eigenvalue weighted by Gasteiger charge is -2.08. The molecule has 0 fully saturated rings. The van der Waals surface area contributed by atoms with Gasteiger partial charge in [0, 0.05) is 31.5 Å². The number of rotatable bonds is 9. The topological polar surface area (TPSA) is 128 Å². The summed E-state index contributed by atoms with van der Waals surface area (Å²) in [4.78, 5) is 22.2. The van der Waals surface area contributed by atoms with Crippen LogP contribution in [0.2, 0.25) is 0 Å². The molecule has 9 nitrogen and oxygen atoms in total. The van der Waals surface area contributed by atoms with E-state index in [1.807, 2.05) is 12.1 Å². The second kappa shape index (κ2) is 9.69. The molecule has 0 radical (unpaired) electrons. The molecule has 0 unspecified atom stereocenters. The minimum absolute atomic E-state index is 0.133. The summed E-state index contributed by atoms with van der Waals surface area (Å²) >= 11 is 0. The zero-order valence-corrected chi connectivity index (χ0v) is 16.7. The van der Waals surface area contributed by atoms with Crippen LogP contribution in [0.3, 0.4) is 0 Å². The molecule has 0 spiro atoms. The van der Waals surface area contributed by atoms with Crippen molar-refractivity contribution in [3.05, 3.63) is 64.2 Å². The molecular weight excluding hydrogens is 398 g/mol. The summed E-state index contributed by atoms with van der Waals surface area (Å²) < 4.78 is 28.2. The van der Waals surface area contributed by atoms with Crippen LogP contribution in [0.1, 0.15) is 5.56 Å². The molecule has 2 rings (SSSR count). The Balaban J connectivity index is 1.88. The maximum Gasteiger partial charge on any atom is 0.293 e. The Kier molecular flexibility index (Phi) is 7.32. The third-order valence-corrected chi connectivity index (χ3v) is 4.99. The molecule has 2 aromatic carbocycles. The molecule has 0 aliphatic heterocycles. The highest BCUT2D eigenvalue weighted by Crippen LogP contribution is 2.27. The van der Waals surface area contributed by atoms with Gasteiger partial charge in [-0.1, -0.05) is 12.1 Å². The van der Waals surface area contributed by atoms with Crippen molar-refractivity contribution in [3.63, 3.8) is 0 Å². The van der Waals surface area contributed by atoms with Crippen molar-refractivity contribution in [2.75, 3.05) is 31.8 Å². The Morgan fingerprint density at radius 3 is 2.45 bits per heavy atom. The minimum Gasteiger partial charge on any atom is -0.497 e. The number of hydrogen-bond acceptors (Lipinski definition) is 7. The van der Waals surface area contributed by atoms with Crippen LogP contribution < -0.4 is 15.4 Å². The van der Waals surface area contributed by atoms with Crippen molar-refractivity contribution in [3.8, 4) is 5.75 Å². The standard InChI is InChI=1S/C19H21N3O6S/c1-28-15-6-3-14(4-7-15)5-10-19(23)21-12-11-20-17-9-8-16(29(2,26)27)13-18(17)22(24)25/h3-10,13,20H,11-12H2,1-2H3,(H,21,23)/b10-5+. The van der Waals surface area contributed by atoms with Gasteiger partial charge in [0.15, 0.2) is 9.84 Å². The summed E-state index contributed by atoms with van der Waals surface area (Å²) in [5, 5.41) is 16.7. The van der Waals surface area contributed by atoms with E-state index in [1.54, 1.807) is 25.3 Å². The molecule has 0 bridgehead atoms. The van der Waals surface area contributed by atoms with Gasteiger partial charge < -0.3 is 15.4 Å². The van der Waals surface area contributed by atoms with Gasteiger partial charge in [-0.15, -0.1) is 0 Å². The normalized spacial score (nSPS) is 11.2. The third-order valence-electron chi connectivity index (χ3n) is 3.88. The first-order valence-corrected chi connectivity index (χ1v) is 10.4. The van der Waals surface area contributed by atoms with E-state index in [2.05, 4.69) is 10.6 Å². The Morgan fingerprint density at radius 2 is 1.86 bits per heavy atom. The molecule has 1 amide bonds. The highest BCUT2D eigenvalue weighted by atomic mass is 32.2. The zero-order chi connectivity index (χ0) is 21.4. The highest BCUT2D eigenvalue weighted by Gasteiger charge is 2.18. The largest absolute Gasteiger partial charge is 0.497 e. The van der Waals surface area contributed by atoms with Gasteiger partial charge in [-0.25, -0.2) is 8.42 Å². The van der Waals surface area contributed by atoms with Crippen molar-refractivity contribution in [2.45, 2.75) is 4.90 Å². The molecule has 0 aromatic heterocycles. The Labute approximate surface area is 168 Å². The maximum absolute atomic E-state index is 11.9. The predicted octanol–water partition coefficient (Wildman–Crippen LogP) is 2.25. The van der Waals surface area contributed by atoms with Crippen molar-refractivity contribution in [1.29, 1.82) is 0 Å². The number of nitrogens with one attached hydrogen (secondary N) is 2. The number of sulfone groups is 1. The van der Waals surface area contributed by atoms with Crippen LogP contribution in [0.15, 0.2) is 53.4 Å². The van der Waals surface area contributed by atoms with E-state index in [-0.39, 0.29) is 35.3 Å². The lowest BCUT2D eigenvalue weighted by atomic mass is 10.2. The molecule has 0 aliphatic rings. The summed E-state index contributed by atoms with van der Waals surface area (Å²) in [6, 6.07) is 10.8. The Hall–Kier alpha value is -3.40. The average molecular weight is 419 g/mol. The van der Waals surface area contributed by atoms with Gasteiger partial charge >= 0.3 is 0 Å². The number of nitro benzene ring substituents is 1. The molecule has 2 aromatic rings. The van der Waals surface area contributed by atoms with Crippen molar-refractivity contribution in [1.82, 2.24) is 5.32 Å². The molecule has 10 heteroatoms. The van der Waals surface area contributed by atoms with Gasteiger partial charge in [0.05, 0.1) is 16.9 Å². The lowest BCUT2D eigenvalue weighted by Crippen LogP contribution is -2.27. The number of carbonyl (C=O) groups is 1.